The Kier molecular flexibility index (Phi) is 6.00. The van der Waals surface area contributed by atoms with Gasteiger partial charge in [-0.05, 0) is 37.3 Å². The van der Waals surface area contributed by atoms with Crippen LogP contribution in [0.2, 0.25) is 0 Å². The molecule has 0 spiro atoms. The highest BCUT2D eigenvalue weighted by molar-refractivity contribution is 9.10. The molecule has 4 nitrogen and oxygen atoms in total. The standard InChI is InChI=1S/C19H15BrFNO3S/c1-2-24-16-6-4-3-5-14(16)19-22-13(11-26-19)10-18(23)25-17-8-7-12(20)9-15(17)21/h3-9,11H,2,10H2,1H3. The molecule has 0 aliphatic rings. The van der Waals surface area contributed by atoms with Gasteiger partial charge in [-0.25, -0.2) is 9.37 Å². The van der Waals surface area contributed by atoms with Gasteiger partial charge in [0.2, 0.25) is 0 Å². The first kappa shape index (κ1) is 18.5. The maximum atomic E-state index is 13.8. The molecule has 1 heterocycles. The highest BCUT2D eigenvalue weighted by Gasteiger charge is 2.15. The summed E-state index contributed by atoms with van der Waals surface area (Å²) in [5.41, 5.74) is 1.44. The molecule has 0 amide bonds. The van der Waals surface area contributed by atoms with Crippen molar-refractivity contribution in [3.05, 3.63) is 63.8 Å². The number of rotatable bonds is 6. The Bertz CT molecular complexity index is 929. The zero-order valence-electron chi connectivity index (χ0n) is 13.9. The fraction of sp³-hybridized carbons (Fsp3) is 0.158. The molecule has 0 aliphatic carbocycles. The molecule has 2 aromatic carbocycles. The van der Waals surface area contributed by atoms with Crippen LogP contribution in [0.3, 0.4) is 0 Å². The third kappa shape index (κ3) is 4.47. The molecule has 0 fully saturated rings. The molecule has 0 aliphatic heterocycles. The molecule has 0 radical (unpaired) electrons. The number of hydrogen-bond acceptors (Lipinski definition) is 5. The van der Waals surface area contributed by atoms with Gasteiger partial charge < -0.3 is 9.47 Å². The molecule has 7 heteroatoms. The van der Waals surface area contributed by atoms with Gasteiger partial charge in [0.15, 0.2) is 11.6 Å². The number of carbonyl (C=O) groups is 1. The predicted octanol–water partition coefficient (Wildman–Crippen LogP) is 5.26. The average molecular weight is 436 g/mol. The quantitative estimate of drug-likeness (QED) is 0.391. The summed E-state index contributed by atoms with van der Waals surface area (Å²) in [4.78, 5) is 16.6. The lowest BCUT2D eigenvalue weighted by Crippen LogP contribution is -2.12. The number of halogens is 2. The molecular formula is C19H15BrFNO3S. The Morgan fingerprint density at radius 3 is 2.81 bits per heavy atom. The van der Waals surface area contributed by atoms with Crippen molar-refractivity contribution in [2.75, 3.05) is 6.61 Å². The van der Waals surface area contributed by atoms with Gasteiger partial charge in [-0.15, -0.1) is 11.3 Å². The van der Waals surface area contributed by atoms with Crippen LogP contribution in [0.1, 0.15) is 12.6 Å². The summed E-state index contributed by atoms with van der Waals surface area (Å²) in [5, 5.41) is 2.55. The summed E-state index contributed by atoms with van der Waals surface area (Å²) in [6.45, 7) is 2.47. The molecule has 0 N–H and O–H groups in total. The van der Waals surface area contributed by atoms with Gasteiger partial charge >= 0.3 is 5.97 Å². The normalized spacial score (nSPS) is 10.6. The maximum Gasteiger partial charge on any atom is 0.317 e. The third-order valence-corrected chi connectivity index (χ3v) is 4.83. The van der Waals surface area contributed by atoms with Crippen LogP contribution >= 0.6 is 27.3 Å². The van der Waals surface area contributed by atoms with Crippen molar-refractivity contribution in [2.24, 2.45) is 0 Å². The van der Waals surface area contributed by atoms with Crippen LogP contribution in [-0.4, -0.2) is 17.6 Å². The SMILES string of the molecule is CCOc1ccccc1-c1nc(CC(=O)Oc2ccc(Br)cc2F)cs1. The van der Waals surface area contributed by atoms with E-state index in [0.717, 1.165) is 16.3 Å². The van der Waals surface area contributed by atoms with Crippen LogP contribution in [0.5, 0.6) is 11.5 Å². The van der Waals surface area contributed by atoms with Crippen LogP contribution in [-0.2, 0) is 11.2 Å². The number of benzene rings is 2. The van der Waals surface area contributed by atoms with Crippen molar-refractivity contribution in [3.63, 3.8) is 0 Å². The van der Waals surface area contributed by atoms with Crippen LogP contribution < -0.4 is 9.47 Å². The van der Waals surface area contributed by atoms with E-state index in [9.17, 15) is 9.18 Å². The minimum atomic E-state index is -0.600. The van der Waals surface area contributed by atoms with E-state index in [-0.39, 0.29) is 12.2 Å². The van der Waals surface area contributed by atoms with E-state index in [1.54, 1.807) is 11.4 Å². The molecule has 26 heavy (non-hydrogen) atoms. The van der Waals surface area contributed by atoms with Gasteiger partial charge in [-0.1, -0.05) is 28.1 Å². The Morgan fingerprint density at radius 1 is 1.23 bits per heavy atom. The Labute approximate surface area is 162 Å². The second kappa shape index (κ2) is 8.42. The maximum absolute atomic E-state index is 13.8. The van der Waals surface area contributed by atoms with Crippen molar-refractivity contribution in [1.82, 2.24) is 4.98 Å². The lowest BCUT2D eigenvalue weighted by Gasteiger charge is -2.07. The molecule has 0 bridgehead atoms. The predicted molar refractivity (Wildman–Crippen MR) is 102 cm³/mol. The minimum Gasteiger partial charge on any atom is -0.493 e. The van der Waals surface area contributed by atoms with Gasteiger partial charge in [-0.3, -0.25) is 4.79 Å². The third-order valence-electron chi connectivity index (χ3n) is 3.41. The van der Waals surface area contributed by atoms with E-state index < -0.39 is 11.8 Å². The summed E-state index contributed by atoms with van der Waals surface area (Å²) < 4.78 is 25.0. The first-order chi connectivity index (χ1) is 12.6. The molecule has 0 saturated carbocycles. The topological polar surface area (TPSA) is 48.4 Å². The number of esters is 1. The van der Waals surface area contributed by atoms with Crippen molar-refractivity contribution in [1.29, 1.82) is 0 Å². The van der Waals surface area contributed by atoms with E-state index in [1.807, 2.05) is 31.2 Å². The highest BCUT2D eigenvalue weighted by Crippen LogP contribution is 2.32. The average Bonchev–Trinajstić information content (AvgIpc) is 3.06. The molecule has 1 aromatic heterocycles. The molecular weight excluding hydrogens is 421 g/mol. The molecule has 0 saturated heterocycles. The smallest absolute Gasteiger partial charge is 0.317 e. The van der Waals surface area contributed by atoms with Crippen LogP contribution in [0, 0.1) is 5.82 Å². The molecule has 0 atom stereocenters. The fourth-order valence-electron chi connectivity index (χ4n) is 2.30. The summed E-state index contributed by atoms with van der Waals surface area (Å²) in [7, 11) is 0. The Balaban J connectivity index is 1.71. The number of aromatic nitrogens is 1. The molecule has 3 rings (SSSR count). The molecule has 3 aromatic rings. The van der Waals surface area contributed by atoms with Crippen molar-refractivity contribution in [3.8, 4) is 22.1 Å². The number of carbonyl (C=O) groups excluding carboxylic acids is 1. The van der Waals surface area contributed by atoms with Gasteiger partial charge in [-0.2, -0.15) is 0 Å². The summed E-state index contributed by atoms with van der Waals surface area (Å²) in [6.07, 6.45) is -0.0389. The van der Waals surface area contributed by atoms with E-state index in [0.29, 0.717) is 16.8 Å². The fourth-order valence-corrected chi connectivity index (χ4v) is 3.48. The van der Waals surface area contributed by atoms with E-state index >= 15 is 0 Å². The first-order valence-corrected chi connectivity index (χ1v) is 9.56. The molecule has 134 valence electrons. The highest BCUT2D eigenvalue weighted by atomic mass is 79.9. The summed E-state index contributed by atoms with van der Waals surface area (Å²) >= 11 is 4.58. The van der Waals surface area contributed by atoms with Crippen molar-refractivity contribution >= 4 is 33.2 Å². The second-order valence-corrected chi connectivity index (χ2v) is 7.07. The van der Waals surface area contributed by atoms with E-state index in [2.05, 4.69) is 20.9 Å². The Morgan fingerprint density at radius 2 is 2.04 bits per heavy atom. The van der Waals surface area contributed by atoms with Gasteiger partial charge in [0.25, 0.3) is 0 Å². The second-order valence-electron chi connectivity index (χ2n) is 5.30. The van der Waals surface area contributed by atoms with E-state index in [4.69, 9.17) is 9.47 Å². The summed E-state index contributed by atoms with van der Waals surface area (Å²) in [6, 6.07) is 11.9. The number of thiazole rings is 1. The lowest BCUT2D eigenvalue weighted by atomic mass is 10.2. The Hall–Kier alpha value is -2.25. The zero-order valence-corrected chi connectivity index (χ0v) is 16.3. The minimum absolute atomic E-state index is 0.0389. The van der Waals surface area contributed by atoms with Gasteiger partial charge in [0.1, 0.15) is 10.8 Å². The monoisotopic (exact) mass is 435 g/mol. The van der Waals surface area contributed by atoms with Crippen molar-refractivity contribution < 1.29 is 18.7 Å². The summed E-state index contributed by atoms with van der Waals surface area (Å²) in [5.74, 6) is -0.524. The van der Waals surface area contributed by atoms with Crippen LogP contribution in [0.4, 0.5) is 4.39 Å². The van der Waals surface area contributed by atoms with Gasteiger partial charge in [0, 0.05) is 9.85 Å². The van der Waals surface area contributed by atoms with Crippen LogP contribution in [0.15, 0.2) is 52.3 Å². The first-order valence-electron chi connectivity index (χ1n) is 7.89. The molecule has 0 unspecified atom stereocenters. The number of ether oxygens (including phenoxy) is 2. The number of para-hydroxylation sites is 1. The van der Waals surface area contributed by atoms with E-state index in [1.165, 1.54) is 23.5 Å². The number of hydrogen-bond donors (Lipinski definition) is 0. The largest absolute Gasteiger partial charge is 0.493 e. The lowest BCUT2D eigenvalue weighted by molar-refractivity contribution is -0.133. The van der Waals surface area contributed by atoms with Gasteiger partial charge in [0.05, 0.1) is 24.3 Å². The van der Waals surface area contributed by atoms with Crippen molar-refractivity contribution in [2.45, 2.75) is 13.3 Å². The zero-order chi connectivity index (χ0) is 18.5. The van der Waals surface area contributed by atoms with Crippen LogP contribution in [0.25, 0.3) is 10.6 Å². The number of nitrogens with zero attached hydrogens (tertiary/aromatic N) is 1.